The summed E-state index contributed by atoms with van der Waals surface area (Å²) in [6.07, 6.45) is 3.09. The zero-order valence-corrected chi connectivity index (χ0v) is 13.1. The van der Waals surface area contributed by atoms with Gasteiger partial charge in [0.25, 0.3) is 0 Å². The normalized spacial score (nSPS) is 19.9. The van der Waals surface area contributed by atoms with Crippen LogP contribution < -0.4 is 10.2 Å². The van der Waals surface area contributed by atoms with Gasteiger partial charge in [0.2, 0.25) is 0 Å². The maximum Gasteiger partial charge on any atom is 0.128 e. The molecule has 0 radical (unpaired) electrons. The standard InChI is InChI=1S/C16H28N4/c1-4-16(2,13-17-3)14-19-9-11-20(12-10-19)15-7-5-6-8-18-15/h5-8,17H,4,9-14H2,1-3H3. The highest BCUT2D eigenvalue weighted by atomic mass is 15.3. The first-order valence-corrected chi connectivity index (χ1v) is 7.70. The first kappa shape index (κ1) is 15.3. The Labute approximate surface area is 123 Å². The Balaban J connectivity index is 1.85. The van der Waals surface area contributed by atoms with E-state index >= 15 is 0 Å². The summed E-state index contributed by atoms with van der Waals surface area (Å²) in [6, 6.07) is 6.15. The molecule has 1 aromatic heterocycles. The smallest absolute Gasteiger partial charge is 0.128 e. The number of rotatable bonds is 6. The van der Waals surface area contributed by atoms with Crippen molar-refractivity contribution in [3.8, 4) is 0 Å². The van der Waals surface area contributed by atoms with Gasteiger partial charge in [0.05, 0.1) is 0 Å². The van der Waals surface area contributed by atoms with E-state index in [4.69, 9.17) is 0 Å². The molecule has 0 bridgehead atoms. The molecule has 0 spiro atoms. The van der Waals surface area contributed by atoms with Gasteiger partial charge in [0, 0.05) is 45.5 Å². The van der Waals surface area contributed by atoms with E-state index < -0.39 is 0 Å². The molecule has 2 rings (SSSR count). The van der Waals surface area contributed by atoms with Crippen LogP contribution in [0.15, 0.2) is 24.4 Å². The summed E-state index contributed by atoms with van der Waals surface area (Å²) in [7, 11) is 2.05. The van der Waals surface area contributed by atoms with E-state index in [1.807, 2.05) is 19.3 Å². The van der Waals surface area contributed by atoms with Gasteiger partial charge in [0.1, 0.15) is 5.82 Å². The molecular formula is C16H28N4. The Kier molecular flexibility index (Phi) is 5.38. The number of pyridine rings is 1. The van der Waals surface area contributed by atoms with Gasteiger partial charge in [-0.05, 0) is 31.0 Å². The summed E-state index contributed by atoms with van der Waals surface area (Å²) in [5, 5.41) is 3.34. The molecule has 4 heteroatoms. The summed E-state index contributed by atoms with van der Waals surface area (Å²) < 4.78 is 0. The van der Waals surface area contributed by atoms with Crippen molar-refractivity contribution < 1.29 is 0 Å². The molecule has 20 heavy (non-hydrogen) atoms. The summed E-state index contributed by atoms with van der Waals surface area (Å²) in [5.41, 5.74) is 0.377. The molecular weight excluding hydrogens is 248 g/mol. The summed E-state index contributed by atoms with van der Waals surface area (Å²) in [4.78, 5) is 9.43. The first-order valence-electron chi connectivity index (χ1n) is 7.70. The molecule has 1 unspecified atom stereocenters. The third kappa shape index (κ3) is 3.93. The number of nitrogens with one attached hydrogen (secondary N) is 1. The van der Waals surface area contributed by atoms with Crippen LogP contribution in [0.2, 0.25) is 0 Å². The van der Waals surface area contributed by atoms with E-state index in [0.717, 1.165) is 38.5 Å². The second-order valence-electron chi connectivity index (χ2n) is 6.15. The Hall–Kier alpha value is -1.13. The third-order valence-electron chi connectivity index (χ3n) is 4.41. The molecule has 4 nitrogen and oxygen atoms in total. The van der Waals surface area contributed by atoms with E-state index in [2.05, 4.69) is 46.1 Å². The van der Waals surface area contributed by atoms with Crippen LogP contribution in [0.4, 0.5) is 5.82 Å². The van der Waals surface area contributed by atoms with Crippen molar-refractivity contribution in [2.24, 2.45) is 5.41 Å². The van der Waals surface area contributed by atoms with Crippen LogP contribution in [0.5, 0.6) is 0 Å². The number of anilines is 1. The fourth-order valence-corrected chi connectivity index (χ4v) is 2.94. The van der Waals surface area contributed by atoms with E-state index in [9.17, 15) is 0 Å². The van der Waals surface area contributed by atoms with Gasteiger partial charge in [-0.1, -0.05) is 19.9 Å². The zero-order chi connectivity index (χ0) is 14.4. The van der Waals surface area contributed by atoms with Gasteiger partial charge in [-0.2, -0.15) is 0 Å². The van der Waals surface area contributed by atoms with Crippen LogP contribution in [0, 0.1) is 5.41 Å². The predicted octanol–water partition coefficient (Wildman–Crippen LogP) is 1.84. The minimum absolute atomic E-state index is 0.377. The van der Waals surface area contributed by atoms with E-state index in [1.165, 1.54) is 13.0 Å². The third-order valence-corrected chi connectivity index (χ3v) is 4.41. The molecule has 1 atom stereocenters. The van der Waals surface area contributed by atoms with Crippen molar-refractivity contribution in [2.75, 3.05) is 51.2 Å². The number of piperazine rings is 1. The number of nitrogens with zero attached hydrogens (tertiary/aromatic N) is 3. The molecule has 1 saturated heterocycles. The van der Waals surface area contributed by atoms with Crippen molar-refractivity contribution in [2.45, 2.75) is 20.3 Å². The van der Waals surface area contributed by atoms with Crippen LogP contribution in [0.1, 0.15) is 20.3 Å². The van der Waals surface area contributed by atoms with Gasteiger partial charge in [0.15, 0.2) is 0 Å². The number of aromatic nitrogens is 1. The van der Waals surface area contributed by atoms with Gasteiger partial charge in [-0.15, -0.1) is 0 Å². The highest BCUT2D eigenvalue weighted by Gasteiger charge is 2.27. The average molecular weight is 276 g/mol. The summed E-state index contributed by atoms with van der Waals surface area (Å²) >= 11 is 0. The molecule has 0 saturated carbocycles. The van der Waals surface area contributed by atoms with Crippen LogP contribution in [-0.2, 0) is 0 Å². The maximum absolute atomic E-state index is 4.45. The lowest BCUT2D eigenvalue weighted by Crippen LogP contribution is -2.51. The molecule has 1 aromatic rings. The molecule has 1 aliphatic rings. The van der Waals surface area contributed by atoms with E-state index in [0.29, 0.717) is 5.41 Å². The average Bonchev–Trinajstić information content (AvgIpc) is 2.49. The molecule has 1 N–H and O–H groups in total. The SMILES string of the molecule is CCC(C)(CNC)CN1CCN(c2ccccn2)CC1. The largest absolute Gasteiger partial charge is 0.354 e. The van der Waals surface area contributed by atoms with Gasteiger partial charge in [-0.3, -0.25) is 4.90 Å². The van der Waals surface area contributed by atoms with Crippen LogP contribution in [-0.4, -0.2) is 56.2 Å². The molecule has 2 heterocycles. The monoisotopic (exact) mass is 276 g/mol. The minimum atomic E-state index is 0.377. The van der Waals surface area contributed by atoms with Crippen molar-refractivity contribution in [3.63, 3.8) is 0 Å². The van der Waals surface area contributed by atoms with Crippen molar-refractivity contribution in [1.29, 1.82) is 0 Å². The molecule has 0 aromatic carbocycles. The van der Waals surface area contributed by atoms with Gasteiger partial charge < -0.3 is 10.2 Å². The quantitative estimate of drug-likeness (QED) is 0.859. The fourth-order valence-electron chi connectivity index (χ4n) is 2.94. The lowest BCUT2D eigenvalue weighted by molar-refractivity contribution is 0.150. The second-order valence-corrected chi connectivity index (χ2v) is 6.15. The maximum atomic E-state index is 4.45. The van der Waals surface area contributed by atoms with Crippen LogP contribution in [0.3, 0.4) is 0 Å². The molecule has 1 fully saturated rings. The minimum Gasteiger partial charge on any atom is -0.354 e. The van der Waals surface area contributed by atoms with E-state index in [1.54, 1.807) is 0 Å². The summed E-state index contributed by atoms with van der Waals surface area (Å²) in [5.74, 6) is 1.11. The Morgan fingerprint density at radius 1 is 1.25 bits per heavy atom. The van der Waals surface area contributed by atoms with Gasteiger partial charge >= 0.3 is 0 Å². The van der Waals surface area contributed by atoms with Crippen LogP contribution >= 0.6 is 0 Å². The van der Waals surface area contributed by atoms with Crippen molar-refractivity contribution in [3.05, 3.63) is 24.4 Å². The first-order chi connectivity index (χ1) is 9.67. The fraction of sp³-hybridized carbons (Fsp3) is 0.688. The van der Waals surface area contributed by atoms with E-state index in [-0.39, 0.29) is 0 Å². The topological polar surface area (TPSA) is 31.4 Å². The number of hydrogen-bond donors (Lipinski definition) is 1. The second kappa shape index (κ2) is 7.04. The zero-order valence-electron chi connectivity index (χ0n) is 13.1. The Bertz CT molecular complexity index is 387. The Morgan fingerprint density at radius 3 is 2.55 bits per heavy atom. The predicted molar refractivity (Wildman–Crippen MR) is 85.2 cm³/mol. The van der Waals surface area contributed by atoms with Crippen LogP contribution in [0.25, 0.3) is 0 Å². The van der Waals surface area contributed by atoms with Gasteiger partial charge in [-0.25, -0.2) is 4.98 Å². The van der Waals surface area contributed by atoms with Crippen molar-refractivity contribution in [1.82, 2.24) is 15.2 Å². The van der Waals surface area contributed by atoms with Crippen molar-refractivity contribution >= 4 is 5.82 Å². The number of hydrogen-bond acceptors (Lipinski definition) is 4. The lowest BCUT2D eigenvalue weighted by atomic mass is 9.86. The molecule has 0 aliphatic carbocycles. The molecule has 1 aliphatic heterocycles. The molecule has 112 valence electrons. The molecule has 0 amide bonds. The highest BCUT2D eigenvalue weighted by molar-refractivity contribution is 5.38. The highest BCUT2D eigenvalue weighted by Crippen LogP contribution is 2.23. The lowest BCUT2D eigenvalue weighted by Gasteiger charge is -2.40. The summed E-state index contributed by atoms with van der Waals surface area (Å²) in [6.45, 7) is 11.4. The Morgan fingerprint density at radius 2 is 2.00 bits per heavy atom.